The van der Waals surface area contributed by atoms with Gasteiger partial charge in [0.2, 0.25) is 0 Å². The van der Waals surface area contributed by atoms with Crippen LogP contribution >= 0.6 is 11.6 Å². The number of hydrogen-bond donors (Lipinski definition) is 1. The van der Waals surface area contributed by atoms with Crippen LogP contribution in [0.2, 0.25) is 5.02 Å². The number of carbonyl (C=O) groups excluding carboxylic acids is 1. The third kappa shape index (κ3) is 2.12. The van der Waals surface area contributed by atoms with Crippen LogP contribution in [-0.4, -0.2) is 17.4 Å². The Bertz CT molecular complexity index is 440. The molecule has 0 aliphatic carbocycles. The van der Waals surface area contributed by atoms with Gasteiger partial charge in [0.25, 0.3) is 0 Å². The summed E-state index contributed by atoms with van der Waals surface area (Å²) in [5, 5.41) is 8.76. The number of halogens is 1. The van der Waals surface area contributed by atoms with Gasteiger partial charge in [-0.05, 0) is 18.1 Å². The number of carbonyl (C=O) groups is 2. The van der Waals surface area contributed by atoms with Gasteiger partial charge in [0.15, 0.2) is 6.29 Å². The van der Waals surface area contributed by atoms with Gasteiger partial charge >= 0.3 is 5.97 Å². The molecule has 0 saturated carbocycles. The summed E-state index contributed by atoms with van der Waals surface area (Å²) in [4.78, 5) is 20.6. The molecule has 0 aliphatic heterocycles. The summed E-state index contributed by atoms with van der Waals surface area (Å²) in [5.74, 6) is 3.49. The molecule has 0 radical (unpaired) electrons. The third-order valence-electron chi connectivity index (χ3n) is 1.49. The van der Waals surface area contributed by atoms with Gasteiger partial charge in [-0.25, -0.2) is 4.79 Å². The van der Waals surface area contributed by atoms with Gasteiger partial charge in [0.05, 0.1) is 10.6 Å². The molecule has 1 rings (SSSR count). The molecule has 70 valence electrons. The fourth-order valence-electron chi connectivity index (χ4n) is 0.901. The van der Waals surface area contributed by atoms with E-state index in [-0.39, 0.29) is 10.6 Å². The fraction of sp³-hybridized carbons (Fsp3) is 0. The lowest BCUT2D eigenvalue weighted by Crippen LogP contribution is -1.98. The smallest absolute Gasteiger partial charge is 0.337 e. The lowest BCUT2D eigenvalue weighted by Gasteiger charge is -1.99. The molecule has 0 aliphatic rings. The molecule has 0 atom stereocenters. The summed E-state index contributed by atoms with van der Waals surface area (Å²) in [7, 11) is 0. The highest BCUT2D eigenvalue weighted by Gasteiger charge is 2.10. The predicted molar refractivity (Wildman–Crippen MR) is 51.4 cm³/mol. The van der Waals surface area contributed by atoms with E-state index in [1.165, 1.54) is 12.1 Å². The Hall–Kier alpha value is -1.79. The van der Waals surface area contributed by atoms with Gasteiger partial charge in [-0.15, -0.1) is 0 Å². The quantitative estimate of drug-likeness (QED) is 0.563. The molecule has 0 amide bonds. The maximum atomic E-state index is 10.6. The monoisotopic (exact) mass is 208 g/mol. The van der Waals surface area contributed by atoms with Gasteiger partial charge in [0.1, 0.15) is 0 Å². The van der Waals surface area contributed by atoms with Crippen molar-refractivity contribution in [1.82, 2.24) is 0 Å². The van der Waals surface area contributed by atoms with Crippen LogP contribution in [0.15, 0.2) is 18.2 Å². The summed E-state index contributed by atoms with van der Waals surface area (Å²) in [6.45, 7) is 0. The molecule has 0 fully saturated rings. The first-order valence-corrected chi connectivity index (χ1v) is 4.01. The second-order valence-corrected chi connectivity index (χ2v) is 2.74. The molecular formula is C10H5ClO3. The van der Waals surface area contributed by atoms with Crippen molar-refractivity contribution in [1.29, 1.82) is 0 Å². The van der Waals surface area contributed by atoms with Gasteiger partial charge < -0.3 is 5.11 Å². The largest absolute Gasteiger partial charge is 0.478 e. The van der Waals surface area contributed by atoms with Crippen molar-refractivity contribution < 1.29 is 14.7 Å². The van der Waals surface area contributed by atoms with Crippen LogP contribution in [0.25, 0.3) is 0 Å². The van der Waals surface area contributed by atoms with Crippen LogP contribution in [0.3, 0.4) is 0 Å². The minimum atomic E-state index is -1.12. The van der Waals surface area contributed by atoms with Crippen LogP contribution in [0.1, 0.15) is 15.9 Å². The molecule has 1 aromatic carbocycles. The summed E-state index contributed by atoms with van der Waals surface area (Å²) in [5.41, 5.74) is 0.308. The van der Waals surface area contributed by atoms with Crippen molar-refractivity contribution in [2.45, 2.75) is 0 Å². The highest BCUT2D eigenvalue weighted by Crippen LogP contribution is 2.20. The highest BCUT2D eigenvalue weighted by molar-refractivity contribution is 6.34. The average Bonchev–Trinajstić information content (AvgIpc) is 2.16. The minimum Gasteiger partial charge on any atom is -0.478 e. The summed E-state index contributed by atoms with van der Waals surface area (Å²) in [6, 6.07) is 4.44. The predicted octanol–water partition coefficient (Wildman–Crippen LogP) is 1.59. The van der Waals surface area contributed by atoms with Crippen molar-refractivity contribution >= 4 is 23.9 Å². The lowest BCUT2D eigenvalue weighted by atomic mass is 10.1. The van der Waals surface area contributed by atoms with E-state index in [4.69, 9.17) is 16.7 Å². The SMILES string of the molecule is O=CC#Cc1cccc(C(=O)O)c1Cl. The first kappa shape index (κ1) is 10.3. The normalized spacial score (nSPS) is 8.64. The number of benzene rings is 1. The number of aromatic carboxylic acids is 1. The van der Waals surface area contributed by atoms with E-state index in [0.29, 0.717) is 11.8 Å². The second-order valence-electron chi connectivity index (χ2n) is 2.36. The standard InChI is InChI=1S/C10H5ClO3/c11-9-7(4-2-6-12)3-1-5-8(9)10(13)14/h1,3,5-6H,(H,13,14). The van der Waals surface area contributed by atoms with Gasteiger partial charge in [-0.2, -0.15) is 0 Å². The number of hydrogen-bond acceptors (Lipinski definition) is 2. The van der Waals surface area contributed by atoms with Crippen molar-refractivity contribution in [3.05, 3.63) is 34.3 Å². The van der Waals surface area contributed by atoms with E-state index < -0.39 is 5.97 Å². The molecule has 3 nitrogen and oxygen atoms in total. The minimum absolute atomic E-state index is 0.0237. The van der Waals surface area contributed by atoms with Crippen LogP contribution in [-0.2, 0) is 4.79 Å². The molecule has 14 heavy (non-hydrogen) atoms. The molecule has 0 bridgehead atoms. The average molecular weight is 209 g/mol. The number of aldehydes is 1. The van der Waals surface area contributed by atoms with E-state index >= 15 is 0 Å². The van der Waals surface area contributed by atoms with Gasteiger partial charge in [-0.1, -0.05) is 23.6 Å². The number of carboxylic acid groups (broad SMARTS) is 1. The van der Waals surface area contributed by atoms with Crippen molar-refractivity contribution in [2.75, 3.05) is 0 Å². The lowest BCUT2D eigenvalue weighted by molar-refractivity contribution is -0.103. The van der Waals surface area contributed by atoms with Gasteiger partial charge in [-0.3, -0.25) is 4.79 Å². The van der Waals surface area contributed by atoms with Crippen LogP contribution in [0, 0.1) is 11.8 Å². The molecule has 0 spiro atoms. The van der Waals surface area contributed by atoms with Crippen molar-refractivity contribution in [2.24, 2.45) is 0 Å². The van der Waals surface area contributed by atoms with Crippen molar-refractivity contribution in [3.8, 4) is 11.8 Å². The molecule has 0 saturated heterocycles. The summed E-state index contributed by atoms with van der Waals surface area (Å²) in [6.07, 6.45) is 0.420. The van der Waals surface area contributed by atoms with E-state index in [0.717, 1.165) is 0 Å². The Morgan fingerprint density at radius 1 is 1.50 bits per heavy atom. The zero-order valence-electron chi connectivity index (χ0n) is 6.95. The number of rotatable bonds is 1. The molecule has 0 heterocycles. The Kier molecular flexibility index (Phi) is 3.27. The third-order valence-corrected chi connectivity index (χ3v) is 1.90. The maximum Gasteiger partial charge on any atom is 0.337 e. The van der Waals surface area contributed by atoms with Crippen LogP contribution in [0.4, 0.5) is 0 Å². The molecule has 1 N–H and O–H groups in total. The number of carboxylic acids is 1. The first-order chi connectivity index (χ1) is 6.66. The maximum absolute atomic E-state index is 10.6. The Balaban J connectivity index is 3.27. The molecule has 0 aromatic heterocycles. The zero-order valence-corrected chi connectivity index (χ0v) is 7.71. The fourth-order valence-corrected chi connectivity index (χ4v) is 1.15. The molecular weight excluding hydrogens is 204 g/mol. The van der Waals surface area contributed by atoms with E-state index in [1.807, 2.05) is 0 Å². The van der Waals surface area contributed by atoms with E-state index in [2.05, 4.69) is 11.8 Å². The summed E-state index contributed by atoms with van der Waals surface area (Å²) >= 11 is 5.74. The Labute approximate surface area is 85.3 Å². The molecule has 0 unspecified atom stereocenters. The topological polar surface area (TPSA) is 54.4 Å². The Morgan fingerprint density at radius 3 is 2.79 bits per heavy atom. The van der Waals surface area contributed by atoms with Gasteiger partial charge in [0, 0.05) is 5.56 Å². The molecule has 4 heteroatoms. The van der Waals surface area contributed by atoms with Crippen molar-refractivity contribution in [3.63, 3.8) is 0 Å². The highest BCUT2D eigenvalue weighted by atomic mass is 35.5. The molecule has 1 aromatic rings. The first-order valence-electron chi connectivity index (χ1n) is 3.64. The zero-order chi connectivity index (χ0) is 10.6. The van der Waals surface area contributed by atoms with Crippen LogP contribution in [0.5, 0.6) is 0 Å². The van der Waals surface area contributed by atoms with E-state index in [1.54, 1.807) is 6.07 Å². The van der Waals surface area contributed by atoms with E-state index in [9.17, 15) is 9.59 Å². The Morgan fingerprint density at radius 2 is 2.21 bits per heavy atom. The summed E-state index contributed by atoms with van der Waals surface area (Å²) < 4.78 is 0. The van der Waals surface area contributed by atoms with Crippen LogP contribution < -0.4 is 0 Å². The second kappa shape index (κ2) is 4.45.